The van der Waals surface area contributed by atoms with Gasteiger partial charge in [0.2, 0.25) is 15.9 Å². The van der Waals surface area contributed by atoms with Crippen LogP contribution in [0.15, 0.2) is 46.7 Å². The summed E-state index contributed by atoms with van der Waals surface area (Å²) in [5.41, 5.74) is 1.00. The summed E-state index contributed by atoms with van der Waals surface area (Å²) >= 11 is 0. The minimum absolute atomic E-state index is 0.00790. The minimum Gasteiger partial charge on any atom is -0.477 e. The highest BCUT2D eigenvalue weighted by atomic mass is 32.2. The van der Waals surface area contributed by atoms with Gasteiger partial charge in [-0.3, -0.25) is 0 Å². The Morgan fingerprint density at radius 2 is 2.31 bits per heavy atom. The highest BCUT2D eigenvalue weighted by Gasteiger charge is 2.21. The molecule has 10 heteroatoms. The predicted molar refractivity (Wildman–Crippen MR) is 113 cm³/mol. The Kier molecular flexibility index (Phi) is 7.63. The summed E-state index contributed by atoms with van der Waals surface area (Å²) in [5.74, 6) is 1.10. The van der Waals surface area contributed by atoms with Crippen LogP contribution in [0.4, 0.5) is 0 Å². The van der Waals surface area contributed by atoms with Crippen molar-refractivity contribution in [3.63, 3.8) is 0 Å². The lowest BCUT2D eigenvalue weighted by Gasteiger charge is -2.25. The number of allylic oxidation sites excluding steroid dienone is 3. The Morgan fingerprint density at radius 3 is 2.90 bits per heavy atom. The minimum atomic E-state index is -3.83. The molecule has 0 aliphatic carbocycles. The fourth-order valence-corrected chi connectivity index (χ4v) is 3.32. The van der Waals surface area contributed by atoms with Gasteiger partial charge in [0.1, 0.15) is 11.5 Å². The van der Waals surface area contributed by atoms with E-state index in [1.54, 1.807) is 13.3 Å². The molecule has 0 fully saturated rings. The van der Waals surface area contributed by atoms with Gasteiger partial charge in [0.25, 0.3) is 0 Å². The topological polar surface area (TPSA) is 126 Å². The van der Waals surface area contributed by atoms with Crippen LogP contribution in [0.3, 0.4) is 0 Å². The number of sulfonamides is 1. The van der Waals surface area contributed by atoms with Crippen molar-refractivity contribution in [3.05, 3.63) is 52.6 Å². The van der Waals surface area contributed by atoms with Gasteiger partial charge in [0, 0.05) is 12.7 Å². The van der Waals surface area contributed by atoms with Crippen molar-refractivity contribution in [2.45, 2.75) is 33.4 Å². The number of ether oxygens (including phenoxy) is 1. The highest BCUT2D eigenvalue weighted by molar-refractivity contribution is 7.93. The van der Waals surface area contributed by atoms with Gasteiger partial charge in [-0.15, -0.1) is 0 Å². The van der Waals surface area contributed by atoms with Crippen LogP contribution in [-0.4, -0.2) is 49.7 Å². The quantitative estimate of drug-likeness (QED) is 0.491. The molecule has 29 heavy (non-hydrogen) atoms. The first-order valence-corrected chi connectivity index (χ1v) is 11.0. The SMILES string of the molecule is C=C/C(=C\C(=C/C)S(N)(=O)=O)NC1CN(C)C(OCC(C)CC)=c2[nH]cnc2=N1. The Balaban J connectivity index is 2.34. The number of H-pyrrole nitrogens is 1. The van der Waals surface area contributed by atoms with E-state index in [1.165, 1.54) is 18.2 Å². The smallest absolute Gasteiger partial charge is 0.237 e. The van der Waals surface area contributed by atoms with Crippen molar-refractivity contribution >= 4 is 15.9 Å². The van der Waals surface area contributed by atoms with E-state index in [1.807, 2.05) is 11.9 Å². The van der Waals surface area contributed by atoms with Crippen molar-refractivity contribution in [1.82, 2.24) is 20.2 Å². The summed E-state index contributed by atoms with van der Waals surface area (Å²) in [6, 6.07) is 0. The van der Waals surface area contributed by atoms with Gasteiger partial charge in [-0.05, 0) is 25.0 Å². The van der Waals surface area contributed by atoms with Crippen LogP contribution in [0.2, 0.25) is 0 Å². The van der Waals surface area contributed by atoms with E-state index in [-0.39, 0.29) is 4.91 Å². The Hall–Kier alpha value is -2.59. The summed E-state index contributed by atoms with van der Waals surface area (Å²) < 4.78 is 29.4. The first kappa shape index (κ1) is 22.7. The van der Waals surface area contributed by atoms with E-state index in [0.29, 0.717) is 41.5 Å². The Labute approximate surface area is 171 Å². The second-order valence-corrected chi connectivity index (χ2v) is 8.50. The number of aromatic amines is 1. The van der Waals surface area contributed by atoms with E-state index in [9.17, 15) is 8.42 Å². The molecule has 0 amide bonds. The maximum absolute atomic E-state index is 11.7. The Morgan fingerprint density at radius 1 is 1.59 bits per heavy atom. The Bertz CT molecular complexity index is 1010. The molecule has 9 nitrogen and oxygen atoms in total. The number of likely N-dealkylation sites (N-methyl/N-ethyl adjacent to an activating group) is 1. The lowest BCUT2D eigenvalue weighted by molar-refractivity contribution is 0.164. The third kappa shape index (κ3) is 5.94. The van der Waals surface area contributed by atoms with Crippen molar-refractivity contribution in [2.24, 2.45) is 16.0 Å². The zero-order valence-corrected chi connectivity index (χ0v) is 18.2. The van der Waals surface area contributed by atoms with Crippen molar-refractivity contribution in [3.8, 4) is 0 Å². The molecule has 0 aromatic carbocycles. The van der Waals surface area contributed by atoms with Gasteiger partial charge in [-0.1, -0.05) is 32.9 Å². The summed E-state index contributed by atoms with van der Waals surface area (Å²) in [5, 5.41) is 9.14. The second-order valence-electron chi connectivity index (χ2n) is 6.94. The molecule has 1 aliphatic rings. The zero-order valence-electron chi connectivity index (χ0n) is 17.3. The van der Waals surface area contributed by atoms with Crippen molar-refractivity contribution < 1.29 is 13.2 Å². The van der Waals surface area contributed by atoms with Crippen LogP contribution in [0, 0.1) is 5.92 Å². The molecule has 4 N–H and O–H groups in total. The zero-order chi connectivity index (χ0) is 21.6. The molecule has 0 bridgehead atoms. The third-order valence-corrected chi connectivity index (χ3v) is 5.58. The second kappa shape index (κ2) is 9.75. The normalized spacial score (nSPS) is 19.1. The fraction of sp³-hybridized carbons (Fsp3) is 0.474. The molecule has 160 valence electrons. The molecular weight excluding hydrogens is 392 g/mol. The van der Waals surface area contributed by atoms with Gasteiger partial charge in [-0.25, -0.2) is 23.5 Å². The van der Waals surface area contributed by atoms with E-state index >= 15 is 0 Å². The molecule has 0 spiro atoms. The van der Waals surface area contributed by atoms with Crippen LogP contribution in [0.25, 0.3) is 5.88 Å². The third-order valence-electron chi connectivity index (χ3n) is 4.57. The van der Waals surface area contributed by atoms with E-state index in [2.05, 4.69) is 40.7 Å². The molecule has 0 radical (unpaired) electrons. The first-order valence-electron chi connectivity index (χ1n) is 9.44. The predicted octanol–water partition coefficient (Wildman–Crippen LogP) is 0.281. The molecule has 1 aliphatic heterocycles. The van der Waals surface area contributed by atoms with Crippen LogP contribution >= 0.6 is 0 Å². The maximum Gasteiger partial charge on any atom is 0.237 e. The average molecular weight is 423 g/mol. The monoisotopic (exact) mass is 422 g/mol. The molecule has 0 saturated heterocycles. The van der Waals surface area contributed by atoms with Gasteiger partial charge in [0.15, 0.2) is 5.49 Å². The van der Waals surface area contributed by atoms with Crippen LogP contribution in [-0.2, 0) is 14.8 Å². The van der Waals surface area contributed by atoms with Crippen LogP contribution in [0.5, 0.6) is 0 Å². The van der Waals surface area contributed by atoms with Gasteiger partial charge in [-0.2, -0.15) is 0 Å². The fourth-order valence-electron chi connectivity index (χ4n) is 2.70. The molecule has 1 aromatic heterocycles. The molecule has 2 unspecified atom stereocenters. The molecule has 2 atom stereocenters. The first-order chi connectivity index (χ1) is 13.7. The summed E-state index contributed by atoms with van der Waals surface area (Å²) in [7, 11) is -1.92. The summed E-state index contributed by atoms with van der Waals surface area (Å²) in [4.78, 5) is 14.0. The molecule has 2 heterocycles. The number of nitrogens with two attached hydrogens (primary N) is 1. The number of nitrogens with one attached hydrogen (secondary N) is 2. The van der Waals surface area contributed by atoms with Crippen molar-refractivity contribution in [2.75, 3.05) is 20.2 Å². The summed E-state index contributed by atoms with van der Waals surface area (Å²) in [6.45, 7) is 10.7. The maximum atomic E-state index is 11.7. The van der Waals surface area contributed by atoms with Crippen LogP contribution < -0.4 is 21.3 Å². The number of nitrogens with zero attached hydrogens (tertiary/aromatic N) is 3. The lowest BCUT2D eigenvalue weighted by Crippen LogP contribution is -2.37. The van der Waals surface area contributed by atoms with Crippen molar-refractivity contribution in [1.29, 1.82) is 0 Å². The largest absolute Gasteiger partial charge is 0.477 e. The number of primary sulfonamides is 1. The van der Waals surface area contributed by atoms with E-state index in [0.717, 1.165) is 6.42 Å². The van der Waals surface area contributed by atoms with Crippen LogP contribution in [0.1, 0.15) is 27.2 Å². The number of fused-ring (bicyclic) bond motifs is 1. The van der Waals surface area contributed by atoms with Gasteiger partial charge in [0.05, 0.1) is 24.4 Å². The average Bonchev–Trinajstić information content (AvgIpc) is 3.06. The number of hydrogen-bond donors (Lipinski definition) is 3. The van der Waals surface area contributed by atoms with Gasteiger partial charge >= 0.3 is 0 Å². The molecule has 1 aromatic rings. The standard InChI is InChI=1S/C19H30N6O3S/c1-6-13(4)11-28-19-17-18(22-12-21-17)24-16(10-25(19)5)23-14(7-2)9-15(8-3)29(20,26)27/h7-9,12-13,16,23H,2,6,10-11H2,1,3-5H3,(H2,20,26,27)(H,21,22,24)/b14-9+,15-8+. The van der Waals surface area contributed by atoms with E-state index < -0.39 is 16.2 Å². The lowest BCUT2D eigenvalue weighted by atomic mass is 10.1. The van der Waals surface area contributed by atoms with Gasteiger partial charge < -0.3 is 19.9 Å². The molecular formula is C19H30N6O3S. The molecule has 0 saturated carbocycles. The van der Waals surface area contributed by atoms with E-state index in [4.69, 9.17) is 9.88 Å². The number of aromatic nitrogens is 2. The molecule has 2 rings (SSSR count). The number of imidazole rings is 1. The highest BCUT2D eigenvalue weighted by Crippen LogP contribution is 2.12. The summed E-state index contributed by atoms with van der Waals surface area (Å²) in [6.07, 6.45) is 6.56. The number of rotatable bonds is 9. The number of hydrogen-bond acceptors (Lipinski definition) is 7.